The summed E-state index contributed by atoms with van der Waals surface area (Å²) in [5, 5.41) is 12.5. The highest BCUT2D eigenvalue weighted by Gasteiger charge is 2.36. The summed E-state index contributed by atoms with van der Waals surface area (Å²) in [6.07, 6.45) is 0.970. The van der Waals surface area contributed by atoms with Gasteiger partial charge in [0, 0.05) is 6.54 Å². The number of aliphatic hydroxyl groups excluding tert-OH is 1. The first-order valence-corrected chi connectivity index (χ1v) is 12.3. The van der Waals surface area contributed by atoms with Crippen LogP contribution in [0.3, 0.4) is 0 Å². The van der Waals surface area contributed by atoms with E-state index in [1.165, 1.54) is 23.5 Å². The van der Waals surface area contributed by atoms with Gasteiger partial charge in [-0.15, -0.1) is 0 Å². The minimum Gasteiger partial charge on any atom is -0.497 e. The average molecular weight is 463 g/mol. The second-order valence-electron chi connectivity index (χ2n) is 8.06. The number of nitrogens with one attached hydrogen (secondary N) is 1. The summed E-state index contributed by atoms with van der Waals surface area (Å²) in [6, 6.07) is 14.0. The second kappa shape index (κ2) is 12.0. The Morgan fingerprint density at radius 3 is 2.22 bits per heavy atom. The van der Waals surface area contributed by atoms with E-state index in [0.717, 1.165) is 5.56 Å². The van der Waals surface area contributed by atoms with E-state index in [-0.39, 0.29) is 24.0 Å². The highest BCUT2D eigenvalue weighted by molar-refractivity contribution is 7.89. The third-order valence-electron chi connectivity index (χ3n) is 5.39. The molecular weight excluding hydrogens is 428 g/mol. The zero-order valence-electron chi connectivity index (χ0n) is 19.2. The zero-order valence-corrected chi connectivity index (χ0v) is 20.0. The molecule has 2 rings (SSSR count). The third kappa shape index (κ3) is 6.54. The number of ether oxygens (including phenoxy) is 1. The molecule has 7 nitrogen and oxygen atoms in total. The summed E-state index contributed by atoms with van der Waals surface area (Å²) in [5.41, 5.74) is 0.779. The summed E-state index contributed by atoms with van der Waals surface area (Å²) in [7, 11) is -2.49. The summed E-state index contributed by atoms with van der Waals surface area (Å²) in [4.78, 5) is 13.4. The number of hydrogen-bond acceptors (Lipinski definition) is 5. The number of carbonyl (C=O) groups excluding carboxylic acids is 1. The molecule has 2 aromatic rings. The molecular formula is C24H34N2O5S. The molecule has 0 aliphatic heterocycles. The Morgan fingerprint density at radius 1 is 1.09 bits per heavy atom. The first-order valence-electron chi connectivity index (χ1n) is 10.9. The van der Waals surface area contributed by atoms with Gasteiger partial charge in [-0.1, -0.05) is 57.5 Å². The molecule has 0 aliphatic rings. The Kier molecular flexibility index (Phi) is 9.68. The predicted molar refractivity (Wildman–Crippen MR) is 125 cm³/mol. The number of nitrogens with zero attached hydrogens (tertiary/aromatic N) is 1. The van der Waals surface area contributed by atoms with E-state index in [0.29, 0.717) is 18.6 Å². The third-order valence-corrected chi connectivity index (χ3v) is 7.26. The van der Waals surface area contributed by atoms with Crippen molar-refractivity contribution < 1.29 is 23.1 Å². The van der Waals surface area contributed by atoms with Crippen molar-refractivity contribution in [2.45, 2.75) is 57.1 Å². The van der Waals surface area contributed by atoms with Crippen LogP contribution in [0.25, 0.3) is 0 Å². The summed E-state index contributed by atoms with van der Waals surface area (Å²) >= 11 is 0. The standard InChI is InChI=1S/C24H34N2O5S/c1-5-9-23(24(28)25-22(17-27)18(2)3)26(16-19-10-7-6-8-11-19)32(29,30)21-14-12-20(31-4)13-15-21/h6-8,10-15,18,22-23,27H,5,9,16-17H2,1-4H3,(H,25,28)/t22-,23+/m1/s1. The van der Waals surface area contributed by atoms with Crippen LogP contribution < -0.4 is 10.1 Å². The van der Waals surface area contributed by atoms with Crippen LogP contribution in [0, 0.1) is 5.92 Å². The first kappa shape index (κ1) is 25.8. The molecule has 2 atom stereocenters. The van der Waals surface area contributed by atoms with Crippen molar-refractivity contribution in [1.82, 2.24) is 9.62 Å². The van der Waals surface area contributed by atoms with E-state index >= 15 is 0 Å². The smallest absolute Gasteiger partial charge is 0.244 e. The van der Waals surface area contributed by atoms with E-state index in [2.05, 4.69) is 5.32 Å². The van der Waals surface area contributed by atoms with Gasteiger partial charge in [-0.3, -0.25) is 4.79 Å². The van der Waals surface area contributed by atoms with Crippen LogP contribution in [0.5, 0.6) is 5.75 Å². The lowest BCUT2D eigenvalue weighted by molar-refractivity contribution is -0.126. The van der Waals surface area contributed by atoms with Gasteiger partial charge in [0.2, 0.25) is 15.9 Å². The molecule has 1 amide bonds. The van der Waals surface area contributed by atoms with E-state index < -0.39 is 28.0 Å². The van der Waals surface area contributed by atoms with Gasteiger partial charge in [0.1, 0.15) is 11.8 Å². The molecule has 176 valence electrons. The molecule has 32 heavy (non-hydrogen) atoms. The van der Waals surface area contributed by atoms with E-state index in [1.54, 1.807) is 12.1 Å². The molecule has 2 N–H and O–H groups in total. The van der Waals surface area contributed by atoms with Gasteiger partial charge in [0.05, 0.1) is 24.7 Å². The number of carbonyl (C=O) groups is 1. The Labute approximate surface area is 191 Å². The van der Waals surface area contributed by atoms with E-state index in [9.17, 15) is 18.3 Å². The molecule has 0 unspecified atom stereocenters. The molecule has 0 fully saturated rings. The van der Waals surface area contributed by atoms with Gasteiger partial charge in [0.15, 0.2) is 0 Å². The number of amides is 1. The maximum Gasteiger partial charge on any atom is 0.244 e. The lowest BCUT2D eigenvalue weighted by atomic mass is 10.0. The molecule has 2 aromatic carbocycles. The fraction of sp³-hybridized carbons (Fsp3) is 0.458. The van der Waals surface area contributed by atoms with Crippen LogP contribution in [0.4, 0.5) is 0 Å². The van der Waals surface area contributed by atoms with Crippen molar-refractivity contribution in [2.24, 2.45) is 5.92 Å². The van der Waals surface area contributed by atoms with Gasteiger partial charge < -0.3 is 15.2 Å². The summed E-state index contributed by atoms with van der Waals surface area (Å²) in [5.74, 6) is 0.142. The lowest BCUT2D eigenvalue weighted by Gasteiger charge is -2.32. The lowest BCUT2D eigenvalue weighted by Crippen LogP contribution is -2.53. The molecule has 8 heteroatoms. The number of rotatable bonds is 12. The maximum atomic E-state index is 13.7. The van der Waals surface area contributed by atoms with Gasteiger partial charge >= 0.3 is 0 Å². The van der Waals surface area contributed by atoms with Crippen molar-refractivity contribution in [1.29, 1.82) is 0 Å². The van der Waals surface area contributed by atoms with Crippen LogP contribution in [0.15, 0.2) is 59.5 Å². The van der Waals surface area contributed by atoms with Crippen LogP contribution in [0.1, 0.15) is 39.2 Å². The molecule has 0 spiro atoms. The van der Waals surface area contributed by atoms with Crippen LogP contribution >= 0.6 is 0 Å². The van der Waals surface area contributed by atoms with Gasteiger partial charge in [-0.05, 0) is 42.2 Å². The fourth-order valence-electron chi connectivity index (χ4n) is 3.39. The van der Waals surface area contributed by atoms with Crippen molar-refractivity contribution in [2.75, 3.05) is 13.7 Å². The number of sulfonamides is 1. The SMILES string of the molecule is CCC[C@@H](C(=O)N[C@H](CO)C(C)C)N(Cc1ccccc1)S(=O)(=O)c1ccc(OC)cc1. The Balaban J connectivity index is 2.49. The normalized spacial score (nSPS) is 13.7. The number of benzene rings is 2. The molecule has 0 saturated heterocycles. The fourth-order valence-corrected chi connectivity index (χ4v) is 5.00. The molecule has 0 aromatic heterocycles. The number of methoxy groups -OCH3 is 1. The molecule has 0 bridgehead atoms. The number of hydrogen-bond donors (Lipinski definition) is 2. The second-order valence-corrected chi connectivity index (χ2v) is 9.95. The highest BCUT2D eigenvalue weighted by Crippen LogP contribution is 2.25. The Morgan fingerprint density at radius 2 is 1.72 bits per heavy atom. The minimum absolute atomic E-state index is 0.00648. The summed E-state index contributed by atoms with van der Waals surface area (Å²) < 4.78 is 33.8. The first-order chi connectivity index (χ1) is 15.2. The van der Waals surface area contributed by atoms with Crippen molar-refractivity contribution in [3.63, 3.8) is 0 Å². The molecule has 0 radical (unpaired) electrons. The Bertz CT molecular complexity index is 946. The van der Waals surface area contributed by atoms with Gasteiger partial charge in [0.25, 0.3) is 0 Å². The quantitative estimate of drug-likeness (QED) is 0.505. The van der Waals surface area contributed by atoms with Crippen LogP contribution in [-0.2, 0) is 21.4 Å². The molecule has 0 saturated carbocycles. The highest BCUT2D eigenvalue weighted by atomic mass is 32.2. The van der Waals surface area contributed by atoms with Crippen molar-refractivity contribution in [3.05, 3.63) is 60.2 Å². The van der Waals surface area contributed by atoms with Crippen molar-refractivity contribution in [3.8, 4) is 5.75 Å². The van der Waals surface area contributed by atoms with Crippen LogP contribution in [-0.4, -0.2) is 49.5 Å². The average Bonchev–Trinajstić information content (AvgIpc) is 2.80. The van der Waals surface area contributed by atoms with Gasteiger partial charge in [-0.2, -0.15) is 4.31 Å². The largest absolute Gasteiger partial charge is 0.497 e. The maximum absolute atomic E-state index is 13.7. The van der Waals surface area contributed by atoms with Gasteiger partial charge in [-0.25, -0.2) is 8.42 Å². The molecule has 0 heterocycles. The summed E-state index contributed by atoms with van der Waals surface area (Å²) in [6.45, 7) is 5.54. The monoisotopic (exact) mass is 462 g/mol. The topological polar surface area (TPSA) is 95.9 Å². The molecule has 0 aliphatic carbocycles. The van der Waals surface area contributed by atoms with E-state index in [4.69, 9.17) is 4.74 Å². The Hall–Kier alpha value is -2.42. The predicted octanol–water partition coefficient (Wildman–Crippen LogP) is 3.19. The zero-order chi connectivity index (χ0) is 23.7. The van der Waals surface area contributed by atoms with Crippen LogP contribution in [0.2, 0.25) is 0 Å². The van der Waals surface area contributed by atoms with E-state index in [1.807, 2.05) is 51.1 Å². The minimum atomic E-state index is -4.00. The van der Waals surface area contributed by atoms with Crippen molar-refractivity contribution >= 4 is 15.9 Å². The number of aliphatic hydroxyl groups is 1.